The molecule has 2 unspecified atom stereocenters. The predicted molar refractivity (Wildman–Crippen MR) is 69.5 cm³/mol. The van der Waals surface area contributed by atoms with Gasteiger partial charge in [0.25, 0.3) is 0 Å². The molecule has 1 aliphatic rings. The molecule has 2 nitrogen and oxygen atoms in total. The van der Waals surface area contributed by atoms with Crippen molar-refractivity contribution in [2.75, 3.05) is 6.61 Å². The van der Waals surface area contributed by atoms with Crippen molar-refractivity contribution in [3.63, 3.8) is 0 Å². The molecule has 0 amide bonds. The molecule has 0 aromatic heterocycles. The molecule has 1 saturated carbocycles. The van der Waals surface area contributed by atoms with E-state index >= 15 is 0 Å². The van der Waals surface area contributed by atoms with Crippen molar-refractivity contribution in [2.45, 2.75) is 71.4 Å². The molecule has 16 heavy (non-hydrogen) atoms. The third kappa shape index (κ3) is 4.06. The molecule has 2 N–H and O–H groups in total. The van der Waals surface area contributed by atoms with E-state index in [1.165, 1.54) is 32.1 Å². The summed E-state index contributed by atoms with van der Waals surface area (Å²) < 4.78 is 0. The lowest BCUT2D eigenvalue weighted by molar-refractivity contribution is 0.171. The molecule has 0 radical (unpaired) electrons. The molecule has 96 valence electrons. The maximum atomic E-state index is 9.39. The Bertz CT molecular complexity index is 176. The minimum absolute atomic E-state index is 0.280. The fraction of sp³-hybridized carbons (Fsp3) is 1.00. The number of hydrogen-bond acceptors (Lipinski definition) is 2. The Morgan fingerprint density at radius 3 is 2.25 bits per heavy atom. The van der Waals surface area contributed by atoms with E-state index in [9.17, 15) is 5.11 Å². The van der Waals surface area contributed by atoms with Crippen LogP contribution in [-0.4, -0.2) is 23.8 Å². The largest absolute Gasteiger partial charge is 0.395 e. The fourth-order valence-corrected chi connectivity index (χ4v) is 2.72. The van der Waals surface area contributed by atoms with Gasteiger partial charge in [-0.15, -0.1) is 0 Å². The first-order valence-electron chi connectivity index (χ1n) is 7.08. The molecule has 1 fully saturated rings. The van der Waals surface area contributed by atoms with Crippen LogP contribution in [-0.2, 0) is 0 Å². The van der Waals surface area contributed by atoms with Crippen molar-refractivity contribution in [3.05, 3.63) is 0 Å². The molecule has 1 rings (SSSR count). The number of aliphatic hydroxyl groups is 1. The molecule has 1 aliphatic carbocycles. The standard InChI is InChI=1S/C14H29NO/c1-4-11(3)14(10-16)15-13-8-6-12(5-2)7-9-13/h11-16H,4-10H2,1-3H3. The summed E-state index contributed by atoms with van der Waals surface area (Å²) in [6, 6.07) is 0.946. The van der Waals surface area contributed by atoms with E-state index in [-0.39, 0.29) is 6.61 Å². The molecule has 0 heterocycles. The van der Waals surface area contributed by atoms with Crippen molar-refractivity contribution in [2.24, 2.45) is 11.8 Å². The van der Waals surface area contributed by atoms with E-state index in [4.69, 9.17) is 0 Å². The monoisotopic (exact) mass is 227 g/mol. The lowest BCUT2D eigenvalue weighted by Crippen LogP contribution is -2.45. The van der Waals surface area contributed by atoms with Gasteiger partial charge in [0.2, 0.25) is 0 Å². The van der Waals surface area contributed by atoms with Gasteiger partial charge in [0, 0.05) is 12.1 Å². The van der Waals surface area contributed by atoms with Crippen molar-refractivity contribution in [3.8, 4) is 0 Å². The molecule has 0 aromatic carbocycles. The summed E-state index contributed by atoms with van der Waals surface area (Å²) in [7, 11) is 0. The third-order valence-electron chi connectivity index (χ3n) is 4.40. The number of nitrogens with one attached hydrogen (secondary N) is 1. The number of aliphatic hydroxyl groups excluding tert-OH is 1. The van der Waals surface area contributed by atoms with Crippen LogP contribution in [0.3, 0.4) is 0 Å². The zero-order valence-corrected chi connectivity index (χ0v) is 11.2. The van der Waals surface area contributed by atoms with Crippen LogP contribution in [0.4, 0.5) is 0 Å². The Morgan fingerprint density at radius 1 is 1.19 bits per heavy atom. The highest BCUT2D eigenvalue weighted by molar-refractivity contribution is 4.81. The zero-order valence-electron chi connectivity index (χ0n) is 11.2. The third-order valence-corrected chi connectivity index (χ3v) is 4.40. The summed E-state index contributed by atoms with van der Waals surface area (Å²) in [6.07, 6.45) is 7.81. The Kier molecular flexibility index (Phi) is 6.37. The van der Waals surface area contributed by atoms with Crippen LogP contribution in [0.15, 0.2) is 0 Å². The minimum Gasteiger partial charge on any atom is -0.395 e. The highest BCUT2D eigenvalue weighted by Gasteiger charge is 2.23. The topological polar surface area (TPSA) is 32.3 Å². The van der Waals surface area contributed by atoms with Gasteiger partial charge in [-0.25, -0.2) is 0 Å². The Labute approximate surface area is 101 Å². The number of hydrogen-bond donors (Lipinski definition) is 2. The first-order valence-corrected chi connectivity index (χ1v) is 7.08. The van der Waals surface area contributed by atoms with Crippen LogP contribution in [0.5, 0.6) is 0 Å². The highest BCUT2D eigenvalue weighted by atomic mass is 16.3. The van der Waals surface area contributed by atoms with Gasteiger partial charge in [-0.2, -0.15) is 0 Å². The smallest absolute Gasteiger partial charge is 0.0587 e. The molecule has 0 spiro atoms. The molecular weight excluding hydrogens is 198 g/mol. The summed E-state index contributed by atoms with van der Waals surface area (Å²) in [5.41, 5.74) is 0. The van der Waals surface area contributed by atoms with Crippen molar-refractivity contribution < 1.29 is 5.11 Å². The summed E-state index contributed by atoms with van der Waals surface area (Å²) in [5.74, 6) is 1.53. The van der Waals surface area contributed by atoms with Crippen LogP contribution in [0.25, 0.3) is 0 Å². The summed E-state index contributed by atoms with van der Waals surface area (Å²) >= 11 is 0. The molecule has 2 atom stereocenters. The van der Waals surface area contributed by atoms with Gasteiger partial charge >= 0.3 is 0 Å². The van der Waals surface area contributed by atoms with Crippen LogP contribution in [0.1, 0.15) is 59.3 Å². The first kappa shape index (κ1) is 14.0. The molecular formula is C14H29NO. The summed E-state index contributed by atoms with van der Waals surface area (Å²) in [6.45, 7) is 7.01. The van der Waals surface area contributed by atoms with Crippen LogP contribution in [0.2, 0.25) is 0 Å². The molecule has 0 bridgehead atoms. The predicted octanol–water partition coefficient (Wildman–Crippen LogP) is 2.95. The van der Waals surface area contributed by atoms with Gasteiger partial charge in [-0.3, -0.25) is 0 Å². The zero-order chi connectivity index (χ0) is 12.0. The average Bonchev–Trinajstić information content (AvgIpc) is 2.35. The van der Waals surface area contributed by atoms with E-state index in [2.05, 4.69) is 26.1 Å². The molecule has 0 saturated heterocycles. The van der Waals surface area contributed by atoms with E-state index in [1.54, 1.807) is 0 Å². The van der Waals surface area contributed by atoms with Gasteiger partial charge in [-0.05, 0) is 37.5 Å². The van der Waals surface area contributed by atoms with Crippen LogP contribution in [0, 0.1) is 11.8 Å². The van der Waals surface area contributed by atoms with Gasteiger partial charge in [0.05, 0.1) is 6.61 Å². The van der Waals surface area contributed by atoms with Gasteiger partial charge < -0.3 is 10.4 Å². The fourth-order valence-electron chi connectivity index (χ4n) is 2.72. The van der Waals surface area contributed by atoms with Gasteiger partial charge in [0.15, 0.2) is 0 Å². The Balaban J connectivity index is 2.31. The van der Waals surface area contributed by atoms with Crippen molar-refractivity contribution in [1.82, 2.24) is 5.32 Å². The molecule has 0 aromatic rings. The van der Waals surface area contributed by atoms with Gasteiger partial charge in [0.1, 0.15) is 0 Å². The lowest BCUT2D eigenvalue weighted by Gasteiger charge is -2.33. The summed E-state index contributed by atoms with van der Waals surface area (Å²) in [4.78, 5) is 0. The lowest BCUT2D eigenvalue weighted by atomic mass is 9.84. The highest BCUT2D eigenvalue weighted by Crippen LogP contribution is 2.27. The molecule has 0 aliphatic heterocycles. The minimum atomic E-state index is 0.280. The van der Waals surface area contributed by atoms with Gasteiger partial charge in [-0.1, -0.05) is 33.6 Å². The molecule has 2 heteroatoms. The Morgan fingerprint density at radius 2 is 1.81 bits per heavy atom. The maximum Gasteiger partial charge on any atom is 0.0587 e. The van der Waals surface area contributed by atoms with E-state index < -0.39 is 0 Å². The van der Waals surface area contributed by atoms with E-state index in [1.807, 2.05) is 0 Å². The Hall–Kier alpha value is -0.0800. The van der Waals surface area contributed by atoms with E-state index in [0.29, 0.717) is 18.0 Å². The second-order valence-corrected chi connectivity index (χ2v) is 5.47. The van der Waals surface area contributed by atoms with Crippen LogP contribution < -0.4 is 5.32 Å². The SMILES string of the molecule is CCC1CCC(NC(CO)C(C)CC)CC1. The average molecular weight is 227 g/mol. The first-order chi connectivity index (χ1) is 7.71. The quantitative estimate of drug-likeness (QED) is 0.731. The van der Waals surface area contributed by atoms with Crippen molar-refractivity contribution >= 4 is 0 Å². The van der Waals surface area contributed by atoms with E-state index in [0.717, 1.165) is 12.3 Å². The number of rotatable bonds is 6. The normalized spacial score (nSPS) is 30.0. The van der Waals surface area contributed by atoms with Crippen molar-refractivity contribution in [1.29, 1.82) is 0 Å². The van der Waals surface area contributed by atoms with Crippen LogP contribution >= 0.6 is 0 Å². The second kappa shape index (κ2) is 7.29. The second-order valence-electron chi connectivity index (χ2n) is 5.47. The summed E-state index contributed by atoms with van der Waals surface area (Å²) in [5, 5.41) is 13.0. The maximum absolute atomic E-state index is 9.39.